The van der Waals surface area contributed by atoms with Gasteiger partial charge < -0.3 is 9.64 Å². The van der Waals surface area contributed by atoms with Crippen LogP contribution >= 0.6 is 23.4 Å². The SMILES string of the molecule is Cc1cccc(Oc2ccc(Cl)cc2N2C(=NC(=O)c3ccccc3)S[C@@H]3CS(=O)(=O)C[C@H]32)c1. The van der Waals surface area contributed by atoms with Crippen LogP contribution in [-0.2, 0) is 9.84 Å². The van der Waals surface area contributed by atoms with E-state index < -0.39 is 9.84 Å². The lowest BCUT2D eigenvalue weighted by molar-refractivity contribution is 0.100. The number of halogens is 1. The van der Waals surface area contributed by atoms with Crippen molar-refractivity contribution >= 4 is 50.0 Å². The Hall–Kier alpha value is -2.81. The summed E-state index contributed by atoms with van der Waals surface area (Å²) in [4.78, 5) is 19.1. The van der Waals surface area contributed by atoms with E-state index >= 15 is 0 Å². The monoisotopic (exact) mass is 512 g/mol. The van der Waals surface area contributed by atoms with Gasteiger partial charge in [0.1, 0.15) is 5.75 Å². The smallest absolute Gasteiger partial charge is 0.279 e. The van der Waals surface area contributed by atoms with E-state index in [4.69, 9.17) is 16.3 Å². The molecule has 0 spiro atoms. The molecule has 0 bridgehead atoms. The summed E-state index contributed by atoms with van der Waals surface area (Å²) in [5.74, 6) is 0.760. The van der Waals surface area contributed by atoms with Crippen molar-refractivity contribution in [3.8, 4) is 11.5 Å². The second-order valence-corrected chi connectivity index (χ2v) is 12.1. The standard InChI is InChI=1S/C25H21ClN2O4S2/c1-16-6-5-9-19(12-16)32-22-11-10-18(26)13-20(22)28-21-14-34(30,31)15-23(21)33-25(28)27-24(29)17-7-3-2-4-8-17/h2-13,21,23H,14-15H2,1H3/t21-,23-/m1/s1. The van der Waals surface area contributed by atoms with E-state index in [1.165, 1.54) is 11.8 Å². The Balaban J connectivity index is 1.59. The number of amidine groups is 1. The maximum atomic E-state index is 12.9. The normalized spacial score (nSPS) is 22.1. The molecule has 6 nitrogen and oxygen atoms in total. The molecular formula is C25H21ClN2O4S2. The number of fused-ring (bicyclic) bond motifs is 1. The Morgan fingerprint density at radius 2 is 1.85 bits per heavy atom. The molecule has 34 heavy (non-hydrogen) atoms. The number of amides is 1. The Bertz CT molecular complexity index is 1390. The molecular weight excluding hydrogens is 492 g/mol. The van der Waals surface area contributed by atoms with Crippen molar-refractivity contribution in [3.05, 3.63) is 88.9 Å². The van der Waals surface area contributed by atoms with E-state index in [2.05, 4.69) is 4.99 Å². The molecule has 174 valence electrons. The summed E-state index contributed by atoms with van der Waals surface area (Å²) in [6, 6.07) is 21.2. The first-order valence-electron chi connectivity index (χ1n) is 10.7. The zero-order valence-electron chi connectivity index (χ0n) is 18.2. The van der Waals surface area contributed by atoms with Crippen LogP contribution in [0.1, 0.15) is 15.9 Å². The van der Waals surface area contributed by atoms with Gasteiger partial charge in [0.15, 0.2) is 20.8 Å². The van der Waals surface area contributed by atoms with Crippen LogP contribution in [0.5, 0.6) is 11.5 Å². The predicted molar refractivity (Wildman–Crippen MR) is 137 cm³/mol. The minimum atomic E-state index is -3.21. The van der Waals surface area contributed by atoms with Crippen LogP contribution in [0.15, 0.2) is 77.8 Å². The summed E-state index contributed by atoms with van der Waals surface area (Å²) < 4.78 is 31.1. The molecule has 2 heterocycles. The molecule has 0 radical (unpaired) electrons. The average molecular weight is 513 g/mol. The second kappa shape index (κ2) is 9.09. The minimum Gasteiger partial charge on any atom is -0.455 e. The van der Waals surface area contributed by atoms with Gasteiger partial charge in [0.2, 0.25) is 0 Å². The highest BCUT2D eigenvalue weighted by Gasteiger charge is 2.50. The van der Waals surface area contributed by atoms with Crippen molar-refractivity contribution in [2.24, 2.45) is 4.99 Å². The number of nitrogens with zero attached hydrogens (tertiary/aromatic N) is 2. The Kier molecular flexibility index (Phi) is 6.14. The summed E-state index contributed by atoms with van der Waals surface area (Å²) >= 11 is 7.67. The van der Waals surface area contributed by atoms with Crippen molar-refractivity contribution < 1.29 is 17.9 Å². The lowest BCUT2D eigenvalue weighted by Crippen LogP contribution is -2.38. The molecule has 2 aliphatic rings. The maximum Gasteiger partial charge on any atom is 0.279 e. The molecule has 0 unspecified atom stereocenters. The first-order chi connectivity index (χ1) is 16.3. The second-order valence-electron chi connectivity index (χ2n) is 8.27. The van der Waals surface area contributed by atoms with Crippen molar-refractivity contribution in [2.45, 2.75) is 18.2 Å². The van der Waals surface area contributed by atoms with Gasteiger partial charge in [0, 0.05) is 15.8 Å². The van der Waals surface area contributed by atoms with Crippen LogP contribution in [0, 0.1) is 6.92 Å². The molecule has 2 saturated heterocycles. The van der Waals surface area contributed by atoms with Crippen molar-refractivity contribution in [1.29, 1.82) is 0 Å². The van der Waals surface area contributed by atoms with E-state index in [0.717, 1.165) is 5.56 Å². The summed E-state index contributed by atoms with van der Waals surface area (Å²) in [5.41, 5.74) is 2.08. The molecule has 0 saturated carbocycles. The summed E-state index contributed by atoms with van der Waals surface area (Å²) in [6.07, 6.45) is 0. The molecule has 0 aliphatic carbocycles. The minimum absolute atomic E-state index is 0.0282. The molecule has 0 N–H and O–H groups in total. The molecule has 9 heteroatoms. The van der Waals surface area contributed by atoms with Gasteiger partial charge >= 0.3 is 0 Å². The first kappa shape index (κ1) is 23.0. The van der Waals surface area contributed by atoms with E-state index in [-0.39, 0.29) is 28.7 Å². The average Bonchev–Trinajstić information content (AvgIpc) is 3.26. The highest BCUT2D eigenvalue weighted by molar-refractivity contribution is 8.16. The highest BCUT2D eigenvalue weighted by atomic mass is 35.5. The number of carbonyl (C=O) groups excluding carboxylic acids is 1. The third kappa shape index (κ3) is 4.71. The van der Waals surface area contributed by atoms with Gasteiger partial charge in [0.25, 0.3) is 5.91 Å². The van der Waals surface area contributed by atoms with E-state index in [1.807, 2.05) is 37.3 Å². The third-order valence-corrected chi connectivity index (χ3v) is 9.13. The predicted octanol–water partition coefficient (Wildman–Crippen LogP) is 5.36. The van der Waals surface area contributed by atoms with Crippen molar-refractivity contribution in [3.63, 3.8) is 0 Å². The van der Waals surface area contributed by atoms with E-state index in [1.54, 1.807) is 47.4 Å². The van der Waals surface area contributed by atoms with Gasteiger partial charge in [-0.05, 0) is 55.0 Å². The van der Waals surface area contributed by atoms with Crippen molar-refractivity contribution in [1.82, 2.24) is 0 Å². The molecule has 2 atom stereocenters. The van der Waals surface area contributed by atoms with Gasteiger partial charge in [-0.15, -0.1) is 0 Å². The maximum absolute atomic E-state index is 12.9. The number of carbonyl (C=O) groups is 1. The fourth-order valence-electron chi connectivity index (χ4n) is 4.15. The first-order valence-corrected chi connectivity index (χ1v) is 13.8. The molecule has 2 aliphatic heterocycles. The zero-order valence-corrected chi connectivity index (χ0v) is 20.6. The quantitative estimate of drug-likeness (QED) is 0.468. The molecule has 1 amide bonds. The number of thioether (sulfide) groups is 1. The number of hydrogen-bond donors (Lipinski definition) is 0. The number of rotatable bonds is 4. The van der Waals surface area contributed by atoms with Crippen LogP contribution in [0.4, 0.5) is 5.69 Å². The van der Waals surface area contributed by atoms with Crippen LogP contribution in [0.3, 0.4) is 0 Å². The van der Waals surface area contributed by atoms with Crippen molar-refractivity contribution in [2.75, 3.05) is 16.4 Å². The van der Waals surface area contributed by atoms with E-state index in [9.17, 15) is 13.2 Å². The van der Waals surface area contributed by atoms with Gasteiger partial charge in [-0.3, -0.25) is 4.79 Å². The molecule has 0 aromatic heterocycles. The molecule has 2 fully saturated rings. The summed E-state index contributed by atoms with van der Waals surface area (Å²) in [5, 5.41) is 0.669. The number of aryl methyl sites for hydroxylation is 1. The number of ether oxygens (including phenoxy) is 1. The van der Waals surface area contributed by atoms with E-state index in [0.29, 0.717) is 32.9 Å². The Labute approximate surface area is 207 Å². The number of hydrogen-bond acceptors (Lipinski definition) is 5. The largest absolute Gasteiger partial charge is 0.455 e. The van der Waals surface area contributed by atoms with Gasteiger partial charge in [-0.2, -0.15) is 4.99 Å². The number of benzene rings is 3. The molecule has 3 aromatic rings. The number of anilines is 1. The van der Waals surface area contributed by atoms with Crippen LogP contribution < -0.4 is 9.64 Å². The fraction of sp³-hybridized carbons (Fsp3) is 0.200. The van der Waals surface area contributed by atoms with Crippen LogP contribution in [0.25, 0.3) is 0 Å². The molecule has 3 aromatic carbocycles. The van der Waals surface area contributed by atoms with Gasteiger partial charge in [0.05, 0.1) is 23.2 Å². The summed E-state index contributed by atoms with van der Waals surface area (Å²) in [6.45, 7) is 1.97. The topological polar surface area (TPSA) is 76.0 Å². The molecule has 5 rings (SSSR count). The zero-order chi connectivity index (χ0) is 23.9. The third-order valence-electron chi connectivity index (χ3n) is 5.68. The van der Waals surface area contributed by atoms with Gasteiger partial charge in [-0.1, -0.05) is 53.7 Å². The lowest BCUT2D eigenvalue weighted by atomic mass is 10.2. The van der Waals surface area contributed by atoms with Gasteiger partial charge in [-0.25, -0.2) is 8.42 Å². The number of aliphatic imine (C=N–C) groups is 1. The van der Waals surface area contributed by atoms with Crippen LogP contribution in [-0.4, -0.2) is 42.3 Å². The Morgan fingerprint density at radius 3 is 2.62 bits per heavy atom. The fourth-order valence-corrected chi connectivity index (χ4v) is 8.22. The lowest BCUT2D eigenvalue weighted by Gasteiger charge is -2.27. The Morgan fingerprint density at radius 1 is 1.06 bits per heavy atom. The van der Waals surface area contributed by atoms with Crippen LogP contribution in [0.2, 0.25) is 5.02 Å². The summed E-state index contributed by atoms with van der Waals surface area (Å²) in [7, 11) is -3.21. The number of sulfone groups is 1. The highest BCUT2D eigenvalue weighted by Crippen LogP contribution is 2.45.